The molecule has 2 rings (SSSR count). The summed E-state index contributed by atoms with van der Waals surface area (Å²) < 4.78 is 17.7. The van der Waals surface area contributed by atoms with Crippen LogP contribution in [0.1, 0.15) is 23.0 Å². The fraction of sp³-hybridized carbons (Fsp3) is 0.231. The minimum Gasteiger partial charge on any atom is -0.462 e. The zero-order valence-electron chi connectivity index (χ0n) is 10.6. The van der Waals surface area contributed by atoms with Gasteiger partial charge in [-0.25, -0.2) is 24.1 Å². The molecule has 0 bridgehead atoms. The predicted molar refractivity (Wildman–Crippen MR) is 65.9 cm³/mol. The number of rotatable bonds is 3. The Morgan fingerprint density at radius 3 is 2.68 bits per heavy atom. The molecular formula is C13H12FN3O2. The van der Waals surface area contributed by atoms with Crippen LogP contribution in [0.15, 0.2) is 24.5 Å². The molecule has 0 aliphatic carbocycles. The van der Waals surface area contributed by atoms with Gasteiger partial charge < -0.3 is 4.74 Å². The van der Waals surface area contributed by atoms with Gasteiger partial charge in [0.1, 0.15) is 11.5 Å². The van der Waals surface area contributed by atoms with Gasteiger partial charge in [0.05, 0.1) is 24.1 Å². The summed E-state index contributed by atoms with van der Waals surface area (Å²) in [6.45, 7) is 3.70. The lowest BCUT2D eigenvalue weighted by molar-refractivity contribution is 0.0524. The van der Waals surface area contributed by atoms with Crippen LogP contribution in [0.5, 0.6) is 0 Å². The van der Waals surface area contributed by atoms with Crippen molar-refractivity contribution in [2.24, 2.45) is 0 Å². The quantitative estimate of drug-likeness (QED) is 0.792. The fourth-order valence-corrected chi connectivity index (χ4v) is 1.51. The number of hydrogen-bond donors (Lipinski definition) is 0. The summed E-state index contributed by atoms with van der Waals surface area (Å²) in [5.74, 6) is -0.548. The molecule has 98 valence electrons. The van der Waals surface area contributed by atoms with Gasteiger partial charge in [-0.05, 0) is 26.0 Å². The highest BCUT2D eigenvalue weighted by Crippen LogP contribution is 2.14. The van der Waals surface area contributed by atoms with Crippen molar-refractivity contribution in [3.63, 3.8) is 0 Å². The summed E-state index contributed by atoms with van der Waals surface area (Å²) in [6.07, 6.45) is 2.48. The van der Waals surface area contributed by atoms with Crippen LogP contribution >= 0.6 is 0 Å². The van der Waals surface area contributed by atoms with E-state index in [1.807, 2.05) is 0 Å². The Hall–Kier alpha value is -2.37. The summed E-state index contributed by atoms with van der Waals surface area (Å²) in [5.41, 5.74) is 1.25. The molecule has 5 nitrogen and oxygen atoms in total. The molecule has 0 unspecified atom stereocenters. The van der Waals surface area contributed by atoms with Crippen molar-refractivity contribution in [2.75, 3.05) is 6.61 Å². The van der Waals surface area contributed by atoms with Crippen LogP contribution in [-0.2, 0) is 4.74 Å². The first-order valence-electron chi connectivity index (χ1n) is 5.74. The lowest BCUT2D eigenvalue weighted by Crippen LogP contribution is -2.09. The first kappa shape index (κ1) is 13.1. The fourth-order valence-electron chi connectivity index (χ4n) is 1.51. The highest BCUT2D eigenvalue weighted by atomic mass is 19.1. The van der Waals surface area contributed by atoms with Gasteiger partial charge in [0, 0.05) is 6.20 Å². The summed E-state index contributed by atoms with van der Waals surface area (Å²) in [6, 6.07) is 2.76. The molecule has 0 aromatic carbocycles. The number of aryl methyl sites for hydroxylation is 1. The Morgan fingerprint density at radius 2 is 2.11 bits per heavy atom. The molecule has 0 aliphatic heterocycles. The molecule has 19 heavy (non-hydrogen) atoms. The van der Waals surface area contributed by atoms with Gasteiger partial charge in [-0.15, -0.1) is 0 Å². The van der Waals surface area contributed by atoms with E-state index in [-0.39, 0.29) is 0 Å². The first-order chi connectivity index (χ1) is 9.11. The average Bonchev–Trinajstić information content (AvgIpc) is 2.39. The molecule has 0 spiro atoms. The molecule has 0 atom stereocenters. The SMILES string of the molecule is CCOC(=O)c1cnc(-c2ccc(F)cn2)nc1C. The third-order valence-corrected chi connectivity index (χ3v) is 2.43. The normalized spacial score (nSPS) is 10.3. The number of esters is 1. The van der Waals surface area contributed by atoms with Crippen molar-refractivity contribution in [1.82, 2.24) is 15.0 Å². The number of carbonyl (C=O) groups excluding carboxylic acids is 1. The van der Waals surface area contributed by atoms with E-state index in [0.717, 1.165) is 6.20 Å². The summed E-state index contributed by atoms with van der Waals surface area (Å²) in [5, 5.41) is 0. The lowest BCUT2D eigenvalue weighted by atomic mass is 10.2. The smallest absolute Gasteiger partial charge is 0.341 e. The van der Waals surface area contributed by atoms with E-state index in [1.165, 1.54) is 18.3 Å². The van der Waals surface area contributed by atoms with Crippen molar-refractivity contribution < 1.29 is 13.9 Å². The number of ether oxygens (including phenoxy) is 1. The maximum absolute atomic E-state index is 12.8. The van der Waals surface area contributed by atoms with Crippen molar-refractivity contribution >= 4 is 5.97 Å². The van der Waals surface area contributed by atoms with E-state index in [2.05, 4.69) is 15.0 Å². The van der Waals surface area contributed by atoms with Crippen molar-refractivity contribution in [3.05, 3.63) is 41.6 Å². The van der Waals surface area contributed by atoms with Crippen LogP contribution in [0.2, 0.25) is 0 Å². The molecule has 0 fully saturated rings. The Kier molecular flexibility index (Phi) is 3.79. The summed E-state index contributed by atoms with van der Waals surface area (Å²) in [4.78, 5) is 23.7. The van der Waals surface area contributed by atoms with E-state index in [9.17, 15) is 9.18 Å². The van der Waals surface area contributed by atoms with Crippen LogP contribution in [0.4, 0.5) is 4.39 Å². The van der Waals surface area contributed by atoms with Gasteiger partial charge in [0.25, 0.3) is 0 Å². The number of pyridine rings is 1. The molecule has 2 aromatic heterocycles. The third-order valence-electron chi connectivity index (χ3n) is 2.43. The Morgan fingerprint density at radius 1 is 1.32 bits per heavy atom. The molecule has 0 aliphatic rings. The van der Waals surface area contributed by atoms with Crippen LogP contribution in [0.25, 0.3) is 11.5 Å². The third kappa shape index (κ3) is 2.90. The Labute approximate surface area is 109 Å². The molecule has 0 saturated carbocycles. The average molecular weight is 261 g/mol. The van der Waals surface area contributed by atoms with Gasteiger partial charge >= 0.3 is 5.97 Å². The second-order valence-corrected chi connectivity index (χ2v) is 3.77. The Bertz CT molecular complexity index is 599. The minimum absolute atomic E-state index is 0.291. The van der Waals surface area contributed by atoms with Crippen molar-refractivity contribution in [2.45, 2.75) is 13.8 Å². The summed E-state index contributed by atoms with van der Waals surface area (Å²) in [7, 11) is 0. The summed E-state index contributed by atoms with van der Waals surface area (Å²) >= 11 is 0. The zero-order valence-corrected chi connectivity index (χ0v) is 10.6. The van der Waals surface area contributed by atoms with Gasteiger partial charge in [0.2, 0.25) is 0 Å². The largest absolute Gasteiger partial charge is 0.462 e. The van der Waals surface area contributed by atoms with E-state index >= 15 is 0 Å². The molecule has 0 amide bonds. The van der Waals surface area contributed by atoms with Crippen LogP contribution in [0.3, 0.4) is 0 Å². The standard InChI is InChI=1S/C13H12FN3O2/c1-3-19-13(18)10-7-16-12(17-8(10)2)11-5-4-9(14)6-15-11/h4-7H,3H2,1-2H3. The highest BCUT2D eigenvalue weighted by Gasteiger charge is 2.13. The monoisotopic (exact) mass is 261 g/mol. The molecule has 6 heteroatoms. The second-order valence-electron chi connectivity index (χ2n) is 3.77. The second kappa shape index (κ2) is 5.51. The van der Waals surface area contributed by atoms with Gasteiger partial charge in [-0.1, -0.05) is 0 Å². The Balaban J connectivity index is 2.33. The molecule has 0 radical (unpaired) electrons. The van der Waals surface area contributed by atoms with E-state index in [1.54, 1.807) is 13.8 Å². The molecule has 2 heterocycles. The first-order valence-corrected chi connectivity index (χ1v) is 5.74. The van der Waals surface area contributed by atoms with E-state index in [4.69, 9.17) is 4.74 Å². The predicted octanol–water partition coefficient (Wildman–Crippen LogP) is 2.16. The highest BCUT2D eigenvalue weighted by molar-refractivity contribution is 5.90. The van der Waals surface area contributed by atoms with Crippen LogP contribution < -0.4 is 0 Å². The molecule has 2 aromatic rings. The zero-order chi connectivity index (χ0) is 13.8. The van der Waals surface area contributed by atoms with Gasteiger partial charge in [0.15, 0.2) is 5.82 Å². The van der Waals surface area contributed by atoms with Gasteiger partial charge in [-0.3, -0.25) is 0 Å². The van der Waals surface area contributed by atoms with E-state index in [0.29, 0.717) is 29.4 Å². The maximum atomic E-state index is 12.8. The lowest BCUT2D eigenvalue weighted by Gasteiger charge is -2.06. The van der Waals surface area contributed by atoms with Crippen molar-refractivity contribution in [1.29, 1.82) is 0 Å². The number of carbonyl (C=O) groups is 1. The topological polar surface area (TPSA) is 65.0 Å². The maximum Gasteiger partial charge on any atom is 0.341 e. The number of hydrogen-bond acceptors (Lipinski definition) is 5. The number of aromatic nitrogens is 3. The number of nitrogens with zero attached hydrogens (tertiary/aromatic N) is 3. The van der Waals surface area contributed by atoms with E-state index < -0.39 is 11.8 Å². The molecule has 0 N–H and O–H groups in total. The van der Waals surface area contributed by atoms with Crippen LogP contribution in [-0.4, -0.2) is 27.5 Å². The van der Waals surface area contributed by atoms with Crippen molar-refractivity contribution in [3.8, 4) is 11.5 Å². The molecular weight excluding hydrogens is 249 g/mol. The van der Waals surface area contributed by atoms with Gasteiger partial charge in [-0.2, -0.15) is 0 Å². The van der Waals surface area contributed by atoms with Crippen LogP contribution in [0, 0.1) is 12.7 Å². The molecule has 0 saturated heterocycles. The minimum atomic E-state index is -0.460. The number of halogens is 1.